The highest BCUT2D eigenvalue weighted by Crippen LogP contribution is 2.52. The summed E-state index contributed by atoms with van der Waals surface area (Å²) in [5.74, 6) is -1.19. The Morgan fingerprint density at radius 1 is 1.05 bits per heavy atom. The van der Waals surface area contributed by atoms with Crippen molar-refractivity contribution in [3.05, 3.63) is 75.6 Å². The molecule has 0 aromatic heterocycles. The first kappa shape index (κ1) is 28.6. The maximum absolute atomic E-state index is 13.9. The maximum Gasteiger partial charge on any atom is 0.255 e. The number of nitrogens with two attached hydrogens (primary N) is 1. The summed E-state index contributed by atoms with van der Waals surface area (Å²) < 4.78 is 0. The standard InChI is InChI=1S/C31H29N3O8/c1-14(35)33-18-9-5-15(6-10-18)4-7-16-8-11-21(36)23-19(16)12-17-13-20-25(34(2)3)27(38)24(30(32)41)29(40)31(20,42)28(39)22(17)26(23)37/h5-6,8-11,17,20,25,36-37,40,42H,12-13H2,1-3H3,(H2,32,41)(H,33,35)/t17-,20-,25-,31-/m1/s1. The minimum Gasteiger partial charge on any atom is -0.508 e. The lowest BCUT2D eigenvalue weighted by molar-refractivity contribution is -0.153. The lowest BCUT2D eigenvalue weighted by Gasteiger charge is -2.50. The molecule has 2 amide bonds. The number of aliphatic hydroxyl groups is 3. The van der Waals surface area contributed by atoms with E-state index in [1.54, 1.807) is 44.4 Å². The van der Waals surface area contributed by atoms with Gasteiger partial charge in [0.15, 0.2) is 11.4 Å². The van der Waals surface area contributed by atoms with Crippen LogP contribution < -0.4 is 11.1 Å². The molecule has 5 rings (SSSR count). The number of amides is 2. The van der Waals surface area contributed by atoms with Crippen molar-refractivity contribution in [3.8, 4) is 17.6 Å². The fourth-order valence-electron chi connectivity index (χ4n) is 6.34. The molecule has 7 N–H and O–H groups in total. The predicted molar refractivity (Wildman–Crippen MR) is 151 cm³/mol. The van der Waals surface area contributed by atoms with Crippen molar-refractivity contribution in [2.75, 3.05) is 19.4 Å². The van der Waals surface area contributed by atoms with Gasteiger partial charge in [0.05, 0.1) is 11.6 Å². The van der Waals surface area contributed by atoms with Crippen molar-refractivity contribution in [1.29, 1.82) is 0 Å². The maximum atomic E-state index is 13.9. The number of hydrogen-bond donors (Lipinski definition) is 6. The molecule has 42 heavy (non-hydrogen) atoms. The fourth-order valence-corrected chi connectivity index (χ4v) is 6.34. The van der Waals surface area contributed by atoms with E-state index in [9.17, 15) is 39.6 Å². The number of nitrogens with one attached hydrogen (secondary N) is 1. The molecule has 11 heteroatoms. The highest BCUT2D eigenvalue weighted by Gasteiger charge is 2.64. The molecular weight excluding hydrogens is 542 g/mol. The number of phenols is 1. The first-order chi connectivity index (χ1) is 19.8. The van der Waals surface area contributed by atoms with E-state index >= 15 is 0 Å². The van der Waals surface area contributed by atoms with Crippen LogP contribution in [0.15, 0.2) is 53.3 Å². The number of carbonyl (C=O) groups excluding carboxylic acids is 4. The second kappa shape index (κ2) is 10.2. The van der Waals surface area contributed by atoms with Crippen LogP contribution in [0.3, 0.4) is 0 Å². The number of ketones is 2. The molecule has 0 radical (unpaired) electrons. The molecule has 3 aliphatic carbocycles. The Morgan fingerprint density at radius 3 is 2.31 bits per heavy atom. The largest absolute Gasteiger partial charge is 0.508 e. The lowest BCUT2D eigenvalue weighted by Crippen LogP contribution is -2.65. The SMILES string of the molecule is CC(=O)Nc1ccc(C#Cc2ccc(O)c3c2C[C@@H]2C[C@@H]4[C@@H](N(C)C)C(=O)C(C(N)=O)=C(O)[C@]4(O)C(=O)C2=C3O)cc1. The third kappa shape index (κ3) is 4.32. The van der Waals surface area contributed by atoms with Gasteiger partial charge in [0, 0.05) is 35.2 Å². The molecule has 1 fully saturated rings. The van der Waals surface area contributed by atoms with Crippen LogP contribution in [0.1, 0.15) is 35.6 Å². The van der Waals surface area contributed by atoms with E-state index in [1.165, 1.54) is 17.9 Å². The summed E-state index contributed by atoms with van der Waals surface area (Å²) >= 11 is 0. The summed E-state index contributed by atoms with van der Waals surface area (Å²) in [6, 6.07) is 8.61. The van der Waals surface area contributed by atoms with Crippen molar-refractivity contribution in [2.45, 2.75) is 31.4 Å². The monoisotopic (exact) mass is 571 g/mol. The number of carbonyl (C=O) groups is 4. The number of likely N-dealkylation sites (N-methyl/N-ethyl adjacent to an activating group) is 1. The van der Waals surface area contributed by atoms with Crippen molar-refractivity contribution in [1.82, 2.24) is 4.90 Å². The Morgan fingerprint density at radius 2 is 1.71 bits per heavy atom. The van der Waals surface area contributed by atoms with E-state index in [2.05, 4.69) is 17.2 Å². The fraction of sp³-hybridized carbons (Fsp3) is 0.290. The van der Waals surface area contributed by atoms with Crippen LogP contribution in [-0.2, 0) is 25.6 Å². The third-order valence-electron chi connectivity index (χ3n) is 8.15. The molecule has 216 valence electrons. The Labute approximate surface area is 240 Å². The van der Waals surface area contributed by atoms with E-state index in [0.29, 0.717) is 22.4 Å². The van der Waals surface area contributed by atoms with E-state index in [-0.39, 0.29) is 35.6 Å². The smallest absolute Gasteiger partial charge is 0.255 e. The molecule has 1 saturated carbocycles. The zero-order valence-electron chi connectivity index (χ0n) is 23.1. The average molecular weight is 572 g/mol. The second-order valence-corrected chi connectivity index (χ2v) is 11.0. The van der Waals surface area contributed by atoms with Gasteiger partial charge in [-0.1, -0.05) is 11.8 Å². The summed E-state index contributed by atoms with van der Waals surface area (Å²) in [4.78, 5) is 52.0. The number of anilines is 1. The van der Waals surface area contributed by atoms with Gasteiger partial charge in [-0.2, -0.15) is 0 Å². The number of primary amides is 1. The van der Waals surface area contributed by atoms with Crippen LogP contribution in [0.5, 0.6) is 5.75 Å². The molecular formula is C31H29N3O8. The zero-order valence-corrected chi connectivity index (χ0v) is 23.1. The first-order valence-electron chi connectivity index (χ1n) is 13.2. The molecule has 0 aliphatic heterocycles. The van der Waals surface area contributed by atoms with Crippen LogP contribution in [-0.4, -0.2) is 74.4 Å². The number of aliphatic hydroxyl groups excluding tert-OH is 2. The molecule has 0 saturated heterocycles. The number of phenolic OH excluding ortho intramolecular Hbond substituents is 1. The summed E-state index contributed by atoms with van der Waals surface area (Å²) in [5.41, 5.74) is 3.75. The molecule has 0 bridgehead atoms. The van der Waals surface area contributed by atoms with Gasteiger partial charge in [-0.05, 0) is 74.8 Å². The molecule has 3 aliphatic rings. The topological polar surface area (TPSA) is 190 Å². The van der Waals surface area contributed by atoms with E-state index in [0.717, 1.165) is 0 Å². The number of Topliss-reactive ketones (excluding diaryl/α,β-unsaturated/α-hetero) is 2. The van der Waals surface area contributed by atoms with Gasteiger partial charge in [-0.25, -0.2) is 0 Å². The van der Waals surface area contributed by atoms with Crippen LogP contribution in [0, 0.1) is 23.7 Å². The Hall–Kier alpha value is -4.92. The van der Waals surface area contributed by atoms with Gasteiger partial charge < -0.3 is 31.5 Å². The van der Waals surface area contributed by atoms with E-state index < -0.39 is 58.0 Å². The summed E-state index contributed by atoms with van der Waals surface area (Å²) in [5, 5.41) is 47.3. The third-order valence-corrected chi connectivity index (χ3v) is 8.15. The predicted octanol–water partition coefficient (Wildman–Crippen LogP) is 1.32. The number of hydrogen-bond acceptors (Lipinski definition) is 9. The van der Waals surface area contributed by atoms with Crippen molar-refractivity contribution >= 4 is 34.8 Å². The van der Waals surface area contributed by atoms with Crippen LogP contribution >= 0.6 is 0 Å². The first-order valence-corrected chi connectivity index (χ1v) is 13.2. The molecule has 0 unspecified atom stereocenters. The van der Waals surface area contributed by atoms with Gasteiger partial charge >= 0.3 is 0 Å². The van der Waals surface area contributed by atoms with E-state index in [4.69, 9.17) is 5.73 Å². The highest BCUT2D eigenvalue weighted by molar-refractivity contribution is 6.24. The molecule has 2 aromatic rings. The number of rotatable bonds is 3. The quantitative estimate of drug-likeness (QED) is 0.233. The molecule has 0 spiro atoms. The van der Waals surface area contributed by atoms with Crippen molar-refractivity contribution in [3.63, 3.8) is 0 Å². The Kier molecular flexibility index (Phi) is 6.92. The van der Waals surface area contributed by atoms with Crippen LogP contribution in [0.25, 0.3) is 5.76 Å². The molecule has 2 aromatic carbocycles. The van der Waals surface area contributed by atoms with E-state index in [1.807, 2.05) is 0 Å². The highest BCUT2D eigenvalue weighted by atomic mass is 16.3. The molecule has 4 atom stereocenters. The van der Waals surface area contributed by atoms with Gasteiger partial charge in [0.25, 0.3) is 5.91 Å². The average Bonchev–Trinajstić information content (AvgIpc) is 2.90. The number of nitrogens with zero attached hydrogens (tertiary/aromatic N) is 1. The normalized spacial score (nSPS) is 24.8. The van der Waals surface area contributed by atoms with Gasteiger partial charge in [-0.15, -0.1) is 0 Å². The van der Waals surface area contributed by atoms with Gasteiger partial charge in [0.1, 0.15) is 22.8 Å². The minimum absolute atomic E-state index is 0.0150. The lowest BCUT2D eigenvalue weighted by atomic mass is 9.57. The van der Waals surface area contributed by atoms with Crippen molar-refractivity contribution in [2.24, 2.45) is 17.6 Å². The van der Waals surface area contributed by atoms with Gasteiger partial charge in [-0.3, -0.25) is 24.1 Å². The zero-order chi connectivity index (χ0) is 30.7. The Bertz CT molecular complexity index is 1690. The minimum atomic E-state index is -2.69. The second-order valence-electron chi connectivity index (χ2n) is 11.0. The Balaban J connectivity index is 1.61. The molecule has 11 nitrogen and oxygen atoms in total. The van der Waals surface area contributed by atoms with Crippen LogP contribution in [0.2, 0.25) is 0 Å². The molecule has 0 heterocycles. The summed E-state index contributed by atoms with van der Waals surface area (Å²) in [6.07, 6.45) is 0.118. The number of benzene rings is 2. The number of fused-ring (bicyclic) bond motifs is 3. The summed E-state index contributed by atoms with van der Waals surface area (Å²) in [7, 11) is 3.09. The van der Waals surface area contributed by atoms with Crippen molar-refractivity contribution < 1.29 is 39.6 Å². The summed E-state index contributed by atoms with van der Waals surface area (Å²) in [6.45, 7) is 1.40. The number of aromatic hydroxyl groups is 1. The van der Waals surface area contributed by atoms with Crippen LogP contribution in [0.4, 0.5) is 5.69 Å². The van der Waals surface area contributed by atoms with Gasteiger partial charge in [0.2, 0.25) is 11.7 Å².